The fraction of sp³-hybridized carbons (Fsp3) is 0.917. The summed E-state index contributed by atoms with van der Waals surface area (Å²) < 4.78 is 5.21. The molecule has 98 valence electrons. The summed E-state index contributed by atoms with van der Waals surface area (Å²) in [7, 11) is 0. The monoisotopic (exact) mass is 242 g/mol. The third kappa shape index (κ3) is 3.94. The second kappa shape index (κ2) is 6.33. The summed E-state index contributed by atoms with van der Waals surface area (Å²) in [5.74, 6) is -0.840. The molecule has 2 aliphatic rings. The van der Waals surface area contributed by atoms with Crippen molar-refractivity contribution in [2.75, 3.05) is 45.9 Å². The molecule has 1 atom stereocenters. The van der Waals surface area contributed by atoms with Crippen LogP contribution in [-0.4, -0.2) is 72.9 Å². The average Bonchev–Trinajstić information content (AvgIpc) is 2.38. The number of carbonyl (C=O) groups is 1. The highest BCUT2D eigenvalue weighted by Crippen LogP contribution is 2.09. The number of carboxylic acid groups (broad SMARTS) is 1. The number of likely N-dealkylation sites (tertiary alicyclic amines) is 1. The van der Waals surface area contributed by atoms with Crippen molar-refractivity contribution in [1.29, 1.82) is 0 Å². The maximum atomic E-state index is 10.8. The van der Waals surface area contributed by atoms with Crippen LogP contribution in [0.15, 0.2) is 0 Å². The van der Waals surface area contributed by atoms with E-state index in [9.17, 15) is 4.79 Å². The molecule has 1 unspecified atom stereocenters. The summed E-state index contributed by atoms with van der Waals surface area (Å²) in [6.45, 7) is 6.36. The first kappa shape index (κ1) is 12.8. The zero-order valence-electron chi connectivity index (χ0n) is 10.3. The molecule has 2 aliphatic heterocycles. The van der Waals surface area contributed by atoms with Crippen LogP contribution >= 0.6 is 0 Å². The highest BCUT2D eigenvalue weighted by Gasteiger charge is 2.26. The van der Waals surface area contributed by atoms with Crippen LogP contribution in [0, 0.1) is 0 Å². The molecule has 2 rings (SSSR count). The van der Waals surface area contributed by atoms with Gasteiger partial charge in [0.05, 0.1) is 6.61 Å². The molecule has 0 spiro atoms. The Labute approximate surface area is 102 Å². The average molecular weight is 242 g/mol. The molecule has 2 saturated heterocycles. The van der Waals surface area contributed by atoms with Gasteiger partial charge in [0.2, 0.25) is 0 Å². The van der Waals surface area contributed by atoms with Crippen molar-refractivity contribution in [3.05, 3.63) is 0 Å². The lowest BCUT2D eigenvalue weighted by Gasteiger charge is -2.33. The van der Waals surface area contributed by atoms with Gasteiger partial charge in [0.25, 0.3) is 0 Å². The molecular formula is C12H22N2O3. The minimum atomic E-state index is -0.840. The first-order valence-electron chi connectivity index (χ1n) is 6.55. The predicted molar refractivity (Wildman–Crippen MR) is 64.1 cm³/mol. The van der Waals surface area contributed by atoms with E-state index in [1.807, 2.05) is 0 Å². The van der Waals surface area contributed by atoms with Gasteiger partial charge in [0.15, 0.2) is 6.10 Å². The van der Waals surface area contributed by atoms with E-state index in [4.69, 9.17) is 9.84 Å². The fourth-order valence-electron chi connectivity index (χ4n) is 2.52. The van der Waals surface area contributed by atoms with Gasteiger partial charge in [0, 0.05) is 26.2 Å². The normalized spacial score (nSPS) is 28.1. The van der Waals surface area contributed by atoms with Crippen molar-refractivity contribution in [1.82, 2.24) is 9.80 Å². The van der Waals surface area contributed by atoms with E-state index in [0.29, 0.717) is 13.2 Å². The van der Waals surface area contributed by atoms with Gasteiger partial charge in [-0.3, -0.25) is 4.90 Å². The van der Waals surface area contributed by atoms with Crippen molar-refractivity contribution >= 4 is 5.97 Å². The second-order valence-electron chi connectivity index (χ2n) is 4.90. The van der Waals surface area contributed by atoms with Crippen molar-refractivity contribution in [2.45, 2.75) is 25.4 Å². The Bertz CT molecular complexity index is 254. The van der Waals surface area contributed by atoms with Gasteiger partial charge in [-0.2, -0.15) is 0 Å². The highest BCUT2D eigenvalue weighted by molar-refractivity contribution is 5.72. The van der Waals surface area contributed by atoms with Crippen LogP contribution in [0.4, 0.5) is 0 Å². The van der Waals surface area contributed by atoms with Gasteiger partial charge >= 0.3 is 5.97 Å². The zero-order chi connectivity index (χ0) is 12.1. The minimum Gasteiger partial charge on any atom is -0.479 e. The smallest absolute Gasteiger partial charge is 0.334 e. The van der Waals surface area contributed by atoms with Crippen LogP contribution in [-0.2, 0) is 9.53 Å². The van der Waals surface area contributed by atoms with Gasteiger partial charge in [-0.25, -0.2) is 4.79 Å². The molecule has 0 bridgehead atoms. The molecule has 0 saturated carbocycles. The fourth-order valence-corrected chi connectivity index (χ4v) is 2.52. The quantitative estimate of drug-likeness (QED) is 0.766. The third-order valence-electron chi connectivity index (χ3n) is 3.61. The van der Waals surface area contributed by atoms with Gasteiger partial charge < -0.3 is 14.7 Å². The van der Waals surface area contributed by atoms with Gasteiger partial charge in [0.1, 0.15) is 0 Å². The molecule has 0 aromatic heterocycles. The van der Waals surface area contributed by atoms with Gasteiger partial charge in [-0.05, 0) is 25.9 Å². The van der Waals surface area contributed by atoms with Crippen LogP contribution in [0.25, 0.3) is 0 Å². The Morgan fingerprint density at radius 3 is 2.53 bits per heavy atom. The van der Waals surface area contributed by atoms with Crippen molar-refractivity contribution in [3.8, 4) is 0 Å². The molecule has 0 aromatic carbocycles. The number of rotatable bonds is 4. The highest BCUT2D eigenvalue weighted by atomic mass is 16.5. The van der Waals surface area contributed by atoms with E-state index < -0.39 is 12.1 Å². The molecule has 0 amide bonds. The van der Waals surface area contributed by atoms with E-state index in [-0.39, 0.29) is 0 Å². The lowest BCUT2D eigenvalue weighted by molar-refractivity contribution is -0.156. The van der Waals surface area contributed by atoms with Crippen LogP contribution in [0.3, 0.4) is 0 Å². The number of morpholine rings is 1. The molecule has 2 fully saturated rings. The van der Waals surface area contributed by atoms with Crippen LogP contribution in [0.2, 0.25) is 0 Å². The molecule has 0 aromatic rings. The summed E-state index contributed by atoms with van der Waals surface area (Å²) in [5.41, 5.74) is 0. The number of ether oxygens (including phenoxy) is 1. The van der Waals surface area contributed by atoms with Gasteiger partial charge in [-0.15, -0.1) is 0 Å². The first-order valence-corrected chi connectivity index (χ1v) is 6.55. The van der Waals surface area contributed by atoms with Gasteiger partial charge in [-0.1, -0.05) is 6.42 Å². The van der Waals surface area contributed by atoms with Crippen LogP contribution < -0.4 is 0 Å². The third-order valence-corrected chi connectivity index (χ3v) is 3.61. The Kier molecular flexibility index (Phi) is 4.76. The predicted octanol–water partition coefficient (Wildman–Crippen LogP) is 0.258. The Morgan fingerprint density at radius 1 is 1.12 bits per heavy atom. The number of hydrogen-bond acceptors (Lipinski definition) is 4. The lowest BCUT2D eigenvalue weighted by Crippen LogP contribution is -2.48. The molecule has 5 nitrogen and oxygen atoms in total. The van der Waals surface area contributed by atoms with Crippen molar-refractivity contribution in [3.63, 3.8) is 0 Å². The lowest BCUT2D eigenvalue weighted by atomic mass is 10.1. The van der Waals surface area contributed by atoms with Crippen molar-refractivity contribution in [2.24, 2.45) is 0 Å². The number of carboxylic acids is 1. The van der Waals surface area contributed by atoms with E-state index in [1.54, 1.807) is 0 Å². The summed E-state index contributed by atoms with van der Waals surface area (Å²) in [6.07, 6.45) is 3.33. The topological polar surface area (TPSA) is 53.0 Å². The summed E-state index contributed by atoms with van der Waals surface area (Å²) in [6, 6.07) is 0. The van der Waals surface area contributed by atoms with E-state index >= 15 is 0 Å². The van der Waals surface area contributed by atoms with E-state index in [2.05, 4.69) is 9.80 Å². The number of hydrogen-bond donors (Lipinski definition) is 1. The standard InChI is InChI=1S/C12H22N2O3/c15-12(16)11-10-14(8-9-17-11)7-6-13-4-2-1-3-5-13/h11H,1-10H2,(H,15,16). The minimum absolute atomic E-state index is 0.531. The molecule has 2 heterocycles. The zero-order valence-corrected chi connectivity index (χ0v) is 10.3. The first-order chi connectivity index (χ1) is 8.25. The number of aliphatic carboxylic acids is 1. The number of piperidine rings is 1. The maximum Gasteiger partial charge on any atom is 0.334 e. The Morgan fingerprint density at radius 2 is 1.82 bits per heavy atom. The molecule has 5 heteroatoms. The molecule has 0 radical (unpaired) electrons. The second-order valence-corrected chi connectivity index (χ2v) is 4.90. The van der Waals surface area contributed by atoms with E-state index in [0.717, 1.165) is 19.6 Å². The molecule has 17 heavy (non-hydrogen) atoms. The summed E-state index contributed by atoms with van der Waals surface area (Å²) in [5, 5.41) is 8.91. The number of nitrogens with zero attached hydrogens (tertiary/aromatic N) is 2. The van der Waals surface area contributed by atoms with Crippen molar-refractivity contribution < 1.29 is 14.6 Å². The Hall–Kier alpha value is -0.650. The maximum absolute atomic E-state index is 10.8. The SMILES string of the molecule is O=C(O)C1CN(CCN2CCCCC2)CCO1. The Balaban J connectivity index is 1.69. The summed E-state index contributed by atoms with van der Waals surface area (Å²) in [4.78, 5) is 15.5. The van der Waals surface area contributed by atoms with Crippen LogP contribution in [0.5, 0.6) is 0 Å². The molecular weight excluding hydrogens is 220 g/mol. The largest absolute Gasteiger partial charge is 0.479 e. The van der Waals surface area contributed by atoms with Crippen LogP contribution in [0.1, 0.15) is 19.3 Å². The summed E-state index contributed by atoms with van der Waals surface area (Å²) >= 11 is 0. The molecule has 1 N–H and O–H groups in total. The molecule has 0 aliphatic carbocycles. The van der Waals surface area contributed by atoms with E-state index in [1.165, 1.54) is 32.4 Å².